The smallest absolute Gasteiger partial charge is 0.421 e. The first-order valence-electron chi connectivity index (χ1n) is 7.62. The Labute approximate surface area is 142 Å². The number of aliphatic imine (C=N–C) groups is 1. The van der Waals surface area contributed by atoms with Crippen molar-refractivity contribution in [1.82, 2.24) is 5.32 Å². The molecule has 0 bridgehead atoms. The lowest BCUT2D eigenvalue weighted by molar-refractivity contribution is -0.120. The lowest BCUT2D eigenvalue weighted by Crippen LogP contribution is -2.51. The highest BCUT2D eigenvalue weighted by atomic mass is 19.4. The number of nitrogens with zero attached hydrogens (tertiary/aromatic N) is 1. The van der Waals surface area contributed by atoms with Crippen molar-refractivity contribution in [2.75, 3.05) is 19.8 Å². The van der Waals surface area contributed by atoms with Gasteiger partial charge in [-0.3, -0.25) is 5.73 Å². The third-order valence-corrected chi connectivity index (χ3v) is 4.08. The van der Waals surface area contributed by atoms with Crippen molar-refractivity contribution in [3.63, 3.8) is 0 Å². The number of rotatable bonds is 4. The fourth-order valence-electron chi connectivity index (χ4n) is 2.53. The number of nitrogens with one attached hydrogen (secondary N) is 1. The SMILES string of the molecule is CC1(COc2cccc(C3(N)N=C(N)C(C(F)(F)F)=CN3)c2)COC1. The molecule has 9 heteroatoms. The number of ether oxygens (including phenoxy) is 2. The number of alkyl halides is 3. The Morgan fingerprint density at radius 2 is 2.08 bits per heavy atom. The van der Waals surface area contributed by atoms with E-state index in [-0.39, 0.29) is 5.41 Å². The molecule has 5 N–H and O–H groups in total. The zero-order chi connectivity index (χ0) is 18.3. The molecule has 0 amide bonds. The van der Waals surface area contributed by atoms with Crippen molar-refractivity contribution in [3.05, 3.63) is 41.6 Å². The number of hydrogen-bond acceptors (Lipinski definition) is 6. The van der Waals surface area contributed by atoms with Crippen molar-refractivity contribution < 1.29 is 22.6 Å². The molecule has 1 unspecified atom stereocenters. The van der Waals surface area contributed by atoms with E-state index in [0.29, 0.717) is 31.1 Å². The normalized spacial score (nSPS) is 25.3. The van der Waals surface area contributed by atoms with Crippen LogP contribution in [0.25, 0.3) is 0 Å². The largest absolute Gasteiger partial charge is 0.493 e. The van der Waals surface area contributed by atoms with Crippen molar-refractivity contribution in [2.24, 2.45) is 21.9 Å². The maximum atomic E-state index is 12.8. The van der Waals surface area contributed by atoms with Crippen LogP contribution in [-0.2, 0) is 10.5 Å². The van der Waals surface area contributed by atoms with Crippen LogP contribution in [0.4, 0.5) is 13.2 Å². The van der Waals surface area contributed by atoms with Gasteiger partial charge in [0.1, 0.15) is 17.2 Å². The van der Waals surface area contributed by atoms with Crippen LogP contribution in [-0.4, -0.2) is 31.8 Å². The molecule has 1 aromatic carbocycles. The summed E-state index contributed by atoms with van der Waals surface area (Å²) in [5.74, 6) is -1.72. The second-order valence-electron chi connectivity index (χ2n) is 6.58. The second-order valence-corrected chi connectivity index (χ2v) is 6.58. The third-order valence-electron chi connectivity index (χ3n) is 4.08. The van der Waals surface area contributed by atoms with Gasteiger partial charge in [0.05, 0.1) is 19.8 Å². The molecule has 1 atom stereocenters. The number of benzene rings is 1. The molecule has 3 rings (SSSR count). The average Bonchev–Trinajstić information content (AvgIpc) is 2.50. The molecule has 0 aromatic heterocycles. The lowest BCUT2D eigenvalue weighted by atomic mass is 9.90. The average molecular weight is 356 g/mol. The fourth-order valence-corrected chi connectivity index (χ4v) is 2.53. The number of hydrogen-bond donors (Lipinski definition) is 3. The van der Waals surface area contributed by atoms with E-state index in [1.54, 1.807) is 24.3 Å². The van der Waals surface area contributed by atoms with Crippen LogP contribution < -0.4 is 21.5 Å². The van der Waals surface area contributed by atoms with Gasteiger partial charge in [-0.1, -0.05) is 19.1 Å². The molecule has 2 heterocycles. The van der Waals surface area contributed by atoms with Gasteiger partial charge in [0.2, 0.25) is 5.79 Å². The summed E-state index contributed by atoms with van der Waals surface area (Å²) in [6.07, 6.45) is -3.87. The molecule has 0 spiro atoms. The van der Waals surface area contributed by atoms with Crippen LogP contribution in [0.2, 0.25) is 0 Å². The van der Waals surface area contributed by atoms with Crippen LogP contribution >= 0.6 is 0 Å². The summed E-state index contributed by atoms with van der Waals surface area (Å²) in [4.78, 5) is 3.81. The van der Waals surface area contributed by atoms with E-state index >= 15 is 0 Å². The standard InChI is InChI=1S/C16H19F3N4O2/c1-14(7-24-8-14)9-25-11-4-2-3-10(5-11)16(21)22-6-12(13(20)23-16)15(17,18)19/h2-6,22H,7-9,21H2,1H3,(H2,20,23). The monoisotopic (exact) mass is 356 g/mol. The van der Waals surface area contributed by atoms with E-state index in [4.69, 9.17) is 20.9 Å². The molecule has 0 radical (unpaired) electrons. The van der Waals surface area contributed by atoms with E-state index in [2.05, 4.69) is 10.3 Å². The van der Waals surface area contributed by atoms with Crippen molar-refractivity contribution in [2.45, 2.75) is 18.9 Å². The summed E-state index contributed by atoms with van der Waals surface area (Å²) in [6.45, 7) is 3.76. The molecular formula is C16H19F3N4O2. The molecule has 2 aliphatic heterocycles. The van der Waals surface area contributed by atoms with Crippen LogP contribution in [0.3, 0.4) is 0 Å². The van der Waals surface area contributed by atoms with Gasteiger partial charge >= 0.3 is 6.18 Å². The fraction of sp³-hybridized carbons (Fsp3) is 0.438. The number of amidine groups is 1. The Morgan fingerprint density at radius 3 is 2.64 bits per heavy atom. The molecule has 2 aliphatic rings. The van der Waals surface area contributed by atoms with Crippen molar-refractivity contribution >= 4 is 5.84 Å². The van der Waals surface area contributed by atoms with E-state index in [1.807, 2.05) is 6.92 Å². The molecule has 136 valence electrons. The Hall–Kier alpha value is -2.26. The molecule has 0 aliphatic carbocycles. The van der Waals surface area contributed by atoms with Gasteiger partial charge in [0, 0.05) is 17.2 Å². The van der Waals surface area contributed by atoms with Crippen LogP contribution in [0.5, 0.6) is 5.75 Å². The quantitative estimate of drug-likeness (QED) is 0.761. The molecule has 1 saturated heterocycles. The molecule has 1 fully saturated rings. The maximum Gasteiger partial charge on any atom is 0.421 e. The minimum atomic E-state index is -4.60. The summed E-state index contributed by atoms with van der Waals surface area (Å²) >= 11 is 0. The summed E-state index contributed by atoms with van der Waals surface area (Å²) in [7, 11) is 0. The Kier molecular flexibility index (Phi) is 4.16. The first kappa shape index (κ1) is 17.6. The van der Waals surface area contributed by atoms with Crippen molar-refractivity contribution in [3.8, 4) is 5.75 Å². The number of nitrogens with two attached hydrogens (primary N) is 2. The highest BCUT2D eigenvalue weighted by molar-refractivity contribution is 5.99. The molecule has 6 nitrogen and oxygen atoms in total. The Morgan fingerprint density at radius 1 is 1.36 bits per heavy atom. The minimum absolute atomic E-state index is 0.0353. The maximum absolute atomic E-state index is 12.8. The van der Waals surface area contributed by atoms with Gasteiger partial charge in [-0.05, 0) is 12.1 Å². The predicted octanol–water partition coefficient (Wildman–Crippen LogP) is 1.58. The summed E-state index contributed by atoms with van der Waals surface area (Å²) in [6, 6.07) is 6.69. The van der Waals surface area contributed by atoms with Gasteiger partial charge in [-0.25, -0.2) is 4.99 Å². The minimum Gasteiger partial charge on any atom is -0.493 e. The van der Waals surface area contributed by atoms with E-state index in [9.17, 15) is 13.2 Å². The van der Waals surface area contributed by atoms with E-state index in [1.165, 1.54) is 0 Å². The van der Waals surface area contributed by atoms with Crippen LogP contribution in [0.1, 0.15) is 12.5 Å². The predicted molar refractivity (Wildman–Crippen MR) is 85.6 cm³/mol. The molecule has 1 aromatic rings. The zero-order valence-electron chi connectivity index (χ0n) is 13.6. The van der Waals surface area contributed by atoms with Gasteiger partial charge in [0.25, 0.3) is 0 Å². The Bertz CT molecular complexity index is 728. The first-order valence-corrected chi connectivity index (χ1v) is 7.62. The highest BCUT2D eigenvalue weighted by Gasteiger charge is 2.41. The summed E-state index contributed by atoms with van der Waals surface area (Å²) in [5.41, 5.74) is 10.9. The lowest BCUT2D eigenvalue weighted by Gasteiger charge is -2.37. The van der Waals surface area contributed by atoms with Crippen LogP contribution in [0, 0.1) is 5.41 Å². The first-order chi connectivity index (χ1) is 11.6. The van der Waals surface area contributed by atoms with Crippen molar-refractivity contribution in [1.29, 1.82) is 0 Å². The topological polar surface area (TPSA) is 94.9 Å². The summed E-state index contributed by atoms with van der Waals surface area (Å²) < 4.78 is 49.4. The Balaban J connectivity index is 1.78. The number of halogens is 3. The van der Waals surface area contributed by atoms with Gasteiger partial charge < -0.3 is 20.5 Å². The molecular weight excluding hydrogens is 337 g/mol. The van der Waals surface area contributed by atoms with E-state index in [0.717, 1.165) is 6.20 Å². The highest BCUT2D eigenvalue weighted by Crippen LogP contribution is 2.32. The third kappa shape index (κ3) is 3.57. The van der Waals surface area contributed by atoms with E-state index < -0.39 is 23.4 Å². The van der Waals surface area contributed by atoms with Gasteiger partial charge in [-0.2, -0.15) is 13.2 Å². The zero-order valence-corrected chi connectivity index (χ0v) is 13.6. The van der Waals surface area contributed by atoms with Gasteiger partial charge in [-0.15, -0.1) is 0 Å². The second kappa shape index (κ2) is 5.92. The molecule has 25 heavy (non-hydrogen) atoms. The molecule has 0 saturated carbocycles. The van der Waals surface area contributed by atoms with Crippen LogP contribution in [0.15, 0.2) is 41.0 Å². The van der Waals surface area contributed by atoms with Gasteiger partial charge in [0.15, 0.2) is 0 Å². The summed E-state index contributed by atoms with van der Waals surface area (Å²) in [5, 5.41) is 2.47.